The topological polar surface area (TPSA) is 67.8 Å². The zero-order chi connectivity index (χ0) is 26.1. The molecule has 5 nitrogen and oxygen atoms in total. The van der Waals surface area contributed by atoms with Gasteiger partial charge in [0.1, 0.15) is 0 Å². The van der Waals surface area contributed by atoms with Crippen LogP contribution in [0, 0.1) is 5.92 Å². The maximum Gasteiger partial charge on any atom is 0.337 e. The number of hydrogen-bond acceptors (Lipinski definition) is 4. The molecular weight excluding hydrogens is 530 g/mol. The Bertz CT molecular complexity index is 1440. The molecule has 0 aromatic heterocycles. The number of aromatic carboxylic acids is 1. The molecule has 3 atom stereocenters. The van der Waals surface area contributed by atoms with Crippen molar-refractivity contribution < 1.29 is 19.4 Å². The van der Waals surface area contributed by atoms with Crippen molar-refractivity contribution in [2.75, 3.05) is 19.5 Å². The van der Waals surface area contributed by atoms with E-state index in [0.29, 0.717) is 17.2 Å². The first-order chi connectivity index (χ1) is 17.9. The molecule has 5 rings (SSSR count). The third-order valence-electron chi connectivity index (χ3n) is 7.19. The molecule has 0 bridgehead atoms. The molecule has 0 aliphatic carbocycles. The Morgan fingerprint density at radius 2 is 1.49 bits per heavy atom. The van der Waals surface area contributed by atoms with E-state index in [4.69, 9.17) is 9.47 Å². The summed E-state index contributed by atoms with van der Waals surface area (Å²) >= 11 is 3.53. The summed E-state index contributed by atoms with van der Waals surface area (Å²) in [5.74, 6) is 0.351. The molecule has 0 saturated heterocycles. The largest absolute Gasteiger partial charge is 0.493 e. The van der Waals surface area contributed by atoms with Crippen molar-refractivity contribution in [3.05, 3.63) is 112 Å². The van der Waals surface area contributed by atoms with Gasteiger partial charge in [0.15, 0.2) is 11.5 Å². The molecule has 1 aliphatic heterocycles. The van der Waals surface area contributed by atoms with Crippen molar-refractivity contribution in [2.45, 2.75) is 18.9 Å². The van der Waals surface area contributed by atoms with Gasteiger partial charge in [0, 0.05) is 10.4 Å². The summed E-state index contributed by atoms with van der Waals surface area (Å²) < 4.78 is 11.8. The van der Waals surface area contributed by atoms with Gasteiger partial charge >= 0.3 is 5.97 Å². The van der Waals surface area contributed by atoms with Gasteiger partial charge in [0.2, 0.25) is 0 Å². The molecule has 188 valence electrons. The lowest BCUT2D eigenvalue weighted by molar-refractivity contribution is 0.0697. The Kier molecular flexibility index (Phi) is 6.94. The Hall–Kier alpha value is -3.77. The van der Waals surface area contributed by atoms with Gasteiger partial charge in [-0.15, -0.1) is 0 Å². The van der Waals surface area contributed by atoms with Crippen LogP contribution in [0.25, 0.3) is 11.1 Å². The second-order valence-electron chi connectivity index (χ2n) is 9.28. The molecule has 2 N–H and O–H groups in total. The lowest BCUT2D eigenvalue weighted by Gasteiger charge is -2.40. The average molecular weight is 558 g/mol. The lowest BCUT2D eigenvalue weighted by Crippen LogP contribution is -2.32. The van der Waals surface area contributed by atoms with Crippen LogP contribution in [0.5, 0.6) is 11.5 Å². The zero-order valence-electron chi connectivity index (χ0n) is 20.9. The fraction of sp³-hybridized carbons (Fsp3) is 0.194. The van der Waals surface area contributed by atoms with Gasteiger partial charge in [-0.25, -0.2) is 4.79 Å². The highest BCUT2D eigenvalue weighted by Crippen LogP contribution is 2.50. The maximum absolute atomic E-state index is 12.3. The number of hydrogen-bond donors (Lipinski definition) is 2. The summed E-state index contributed by atoms with van der Waals surface area (Å²) in [7, 11) is 3.24. The summed E-state index contributed by atoms with van der Waals surface area (Å²) in [6.45, 7) is 2.20. The van der Waals surface area contributed by atoms with E-state index in [1.807, 2.05) is 42.5 Å². The molecule has 4 aromatic carbocycles. The molecule has 1 heterocycles. The van der Waals surface area contributed by atoms with Gasteiger partial charge in [0.25, 0.3) is 0 Å². The number of carboxylic acids is 1. The average Bonchev–Trinajstić information content (AvgIpc) is 2.92. The fourth-order valence-electron chi connectivity index (χ4n) is 5.40. The van der Waals surface area contributed by atoms with Crippen LogP contribution in [0.15, 0.2) is 89.4 Å². The van der Waals surface area contributed by atoms with Gasteiger partial charge in [-0.05, 0) is 58.0 Å². The van der Waals surface area contributed by atoms with Crippen molar-refractivity contribution in [1.82, 2.24) is 0 Å². The molecule has 0 saturated carbocycles. The highest BCUT2D eigenvalue weighted by Gasteiger charge is 2.38. The van der Waals surface area contributed by atoms with Crippen molar-refractivity contribution in [3.63, 3.8) is 0 Å². The van der Waals surface area contributed by atoms with E-state index in [2.05, 4.69) is 64.6 Å². The normalized spacial score (nSPS) is 18.4. The molecule has 37 heavy (non-hydrogen) atoms. The quantitative estimate of drug-likeness (QED) is 0.253. The van der Waals surface area contributed by atoms with Crippen molar-refractivity contribution in [3.8, 4) is 22.6 Å². The van der Waals surface area contributed by atoms with E-state index in [-0.39, 0.29) is 23.4 Å². The second-order valence-corrected chi connectivity index (χ2v) is 10.2. The van der Waals surface area contributed by atoms with E-state index >= 15 is 0 Å². The third kappa shape index (κ3) is 4.69. The van der Waals surface area contributed by atoms with Gasteiger partial charge in [-0.2, -0.15) is 0 Å². The number of anilines is 1. The third-order valence-corrected chi connectivity index (χ3v) is 7.65. The van der Waals surface area contributed by atoms with E-state index < -0.39 is 5.97 Å². The number of carbonyl (C=O) groups is 1. The number of carboxylic acid groups (broad SMARTS) is 1. The van der Waals surface area contributed by atoms with Gasteiger partial charge < -0.3 is 19.9 Å². The molecule has 4 aromatic rings. The van der Waals surface area contributed by atoms with Gasteiger partial charge in [-0.1, -0.05) is 83.5 Å². The molecular formula is C31H28BrNO4. The van der Waals surface area contributed by atoms with Gasteiger partial charge in [-0.3, -0.25) is 0 Å². The molecule has 0 unspecified atom stereocenters. The highest BCUT2D eigenvalue weighted by molar-refractivity contribution is 9.10. The monoisotopic (exact) mass is 557 g/mol. The molecule has 6 heteroatoms. The molecule has 0 spiro atoms. The van der Waals surface area contributed by atoms with Crippen LogP contribution in [-0.2, 0) is 0 Å². The van der Waals surface area contributed by atoms with Crippen LogP contribution in [0.1, 0.15) is 45.9 Å². The lowest BCUT2D eigenvalue weighted by atomic mass is 9.72. The number of ether oxygens (including phenoxy) is 2. The standard InChI is InChI=1S/C31H28BrNO4/c1-18-28(22-13-14-26(36-2)27(15-22)37-3)24-16-23(32)17-25(31(34)35)30(24)33-29(18)21-11-9-20(10-12-21)19-7-5-4-6-8-19/h4-18,28-29,33H,1-3H3,(H,34,35)/t18-,28-,29+/m0/s1. The summed E-state index contributed by atoms with van der Waals surface area (Å²) in [5, 5.41) is 13.7. The van der Waals surface area contributed by atoms with Crippen LogP contribution >= 0.6 is 15.9 Å². The first-order valence-electron chi connectivity index (χ1n) is 12.1. The van der Waals surface area contributed by atoms with Crippen LogP contribution in [0.3, 0.4) is 0 Å². The number of halogens is 1. The molecule has 0 radical (unpaired) electrons. The Labute approximate surface area is 225 Å². The van der Waals surface area contributed by atoms with Crippen LogP contribution in [0.2, 0.25) is 0 Å². The fourth-order valence-corrected chi connectivity index (χ4v) is 5.87. The molecule has 1 aliphatic rings. The minimum absolute atomic E-state index is 0.0783. The van der Waals surface area contributed by atoms with Crippen LogP contribution in [0.4, 0.5) is 5.69 Å². The Morgan fingerprint density at radius 1 is 0.838 bits per heavy atom. The predicted octanol–water partition coefficient (Wildman–Crippen LogP) is 7.77. The Morgan fingerprint density at radius 3 is 2.14 bits per heavy atom. The minimum Gasteiger partial charge on any atom is -0.493 e. The van der Waals surface area contributed by atoms with E-state index in [9.17, 15) is 9.90 Å². The summed E-state index contributed by atoms with van der Waals surface area (Å²) in [6.07, 6.45) is 0. The number of methoxy groups -OCH3 is 2. The summed E-state index contributed by atoms with van der Waals surface area (Å²) in [4.78, 5) is 12.3. The summed E-state index contributed by atoms with van der Waals surface area (Å²) in [5.41, 5.74) is 6.25. The first-order valence-corrected chi connectivity index (χ1v) is 12.9. The van der Waals surface area contributed by atoms with E-state index in [0.717, 1.165) is 32.3 Å². The number of rotatable bonds is 6. The van der Waals surface area contributed by atoms with Crippen molar-refractivity contribution in [1.29, 1.82) is 0 Å². The smallest absolute Gasteiger partial charge is 0.337 e. The van der Waals surface area contributed by atoms with Crippen molar-refractivity contribution in [2.24, 2.45) is 5.92 Å². The van der Waals surface area contributed by atoms with Crippen LogP contribution < -0.4 is 14.8 Å². The summed E-state index contributed by atoms with van der Waals surface area (Å²) in [6, 6.07) is 28.3. The van der Waals surface area contributed by atoms with Crippen LogP contribution in [-0.4, -0.2) is 25.3 Å². The Balaban J connectivity index is 1.63. The highest BCUT2D eigenvalue weighted by atomic mass is 79.9. The predicted molar refractivity (Wildman–Crippen MR) is 150 cm³/mol. The first kappa shape index (κ1) is 24.9. The molecule has 0 amide bonds. The van der Waals surface area contributed by atoms with E-state index in [1.165, 1.54) is 0 Å². The van der Waals surface area contributed by atoms with E-state index in [1.54, 1.807) is 20.3 Å². The maximum atomic E-state index is 12.3. The number of nitrogens with one attached hydrogen (secondary N) is 1. The van der Waals surface area contributed by atoms with Crippen molar-refractivity contribution >= 4 is 27.6 Å². The number of benzene rings is 4. The molecule has 0 fully saturated rings. The second kappa shape index (κ2) is 10.3. The SMILES string of the molecule is COc1ccc([C@H]2c3cc(Br)cc(C(=O)O)c3N[C@@H](c3ccc(-c4ccccc4)cc3)[C@H]2C)cc1OC. The van der Waals surface area contributed by atoms with Gasteiger partial charge in [0.05, 0.1) is 31.5 Å². The zero-order valence-corrected chi connectivity index (χ0v) is 22.5. The number of fused-ring (bicyclic) bond motifs is 1. The minimum atomic E-state index is -0.969.